The van der Waals surface area contributed by atoms with E-state index in [2.05, 4.69) is 212 Å². The zero-order valence-corrected chi connectivity index (χ0v) is 33.1. The van der Waals surface area contributed by atoms with E-state index in [-0.39, 0.29) is 17.5 Å². The molecule has 0 spiro atoms. The number of fused-ring (bicyclic) bond motifs is 6. The Morgan fingerprint density at radius 1 is 0.362 bits per heavy atom. The lowest BCUT2D eigenvalue weighted by molar-refractivity contribution is 0.597. The Balaban J connectivity index is 1.20. The van der Waals surface area contributed by atoms with Crippen molar-refractivity contribution in [2.75, 3.05) is 4.90 Å². The van der Waals surface area contributed by atoms with Crippen molar-refractivity contribution in [3.05, 3.63) is 192 Å². The predicted molar refractivity (Wildman–Crippen MR) is 245 cm³/mol. The molecule has 5 heterocycles. The smallest absolute Gasteiger partial charge is 0.246 e. The van der Waals surface area contributed by atoms with Crippen molar-refractivity contribution in [1.29, 1.82) is 0 Å². The fourth-order valence-corrected chi connectivity index (χ4v) is 11.4. The van der Waals surface area contributed by atoms with Crippen LogP contribution in [0.1, 0.15) is 49.9 Å². The van der Waals surface area contributed by atoms with Crippen molar-refractivity contribution in [1.82, 2.24) is 9.13 Å². The SMILES string of the molecule is CC1(C)c2cc(-n3c4ccccc4c4ccccc43)cc3c2N2c4c(cc(-n5c6ccccc6c6ccccc65)cc4C(C)(C)c4cccc1c42)B3c1ccccc1. The van der Waals surface area contributed by atoms with Crippen molar-refractivity contribution in [2.45, 2.75) is 38.5 Å². The van der Waals surface area contributed by atoms with Crippen molar-refractivity contribution < 1.29 is 0 Å². The van der Waals surface area contributed by atoms with Gasteiger partial charge < -0.3 is 14.0 Å². The van der Waals surface area contributed by atoms with Gasteiger partial charge in [-0.25, -0.2) is 0 Å². The van der Waals surface area contributed by atoms with Gasteiger partial charge in [-0.05, 0) is 81.7 Å². The summed E-state index contributed by atoms with van der Waals surface area (Å²) < 4.78 is 5.03. The van der Waals surface area contributed by atoms with E-state index in [1.165, 1.54) is 111 Å². The van der Waals surface area contributed by atoms with Crippen LogP contribution in [0.5, 0.6) is 0 Å². The molecule has 0 amide bonds. The van der Waals surface area contributed by atoms with Crippen LogP contribution in [0, 0.1) is 0 Å². The second-order valence-corrected chi connectivity index (χ2v) is 17.7. The molecule has 0 aliphatic carbocycles. The summed E-state index contributed by atoms with van der Waals surface area (Å²) in [6.07, 6.45) is 0. The maximum atomic E-state index is 2.70. The summed E-state index contributed by atoms with van der Waals surface area (Å²) in [5, 5.41) is 5.12. The molecular weight excluding hydrogens is 701 g/mol. The largest absolute Gasteiger partial charge is 0.310 e. The summed E-state index contributed by atoms with van der Waals surface area (Å²) in [5.41, 5.74) is 20.4. The molecule has 10 aromatic rings. The van der Waals surface area contributed by atoms with Gasteiger partial charge in [-0.1, -0.05) is 154 Å². The molecule has 0 atom stereocenters. The molecule has 0 fully saturated rings. The molecule has 3 aliphatic rings. The minimum absolute atomic E-state index is 0.000515. The molecule has 0 radical (unpaired) electrons. The summed E-state index contributed by atoms with van der Waals surface area (Å²) in [5.74, 6) is 0. The molecule has 2 aromatic heterocycles. The molecule has 0 N–H and O–H groups in total. The Labute approximate surface area is 338 Å². The third-order valence-electron chi connectivity index (χ3n) is 14.1. The van der Waals surface area contributed by atoms with E-state index in [4.69, 9.17) is 0 Å². The third-order valence-corrected chi connectivity index (χ3v) is 14.1. The highest BCUT2D eigenvalue weighted by Crippen LogP contribution is 2.61. The summed E-state index contributed by atoms with van der Waals surface area (Å²) in [6, 6.07) is 64.1. The van der Waals surface area contributed by atoms with Crippen LogP contribution in [-0.4, -0.2) is 15.8 Å². The van der Waals surface area contributed by atoms with Crippen LogP contribution >= 0.6 is 0 Å². The molecule has 58 heavy (non-hydrogen) atoms. The van der Waals surface area contributed by atoms with Crippen LogP contribution < -0.4 is 21.3 Å². The fraction of sp³-hybridized carbons (Fsp3) is 0.111. The number of para-hydroxylation sites is 5. The van der Waals surface area contributed by atoms with Gasteiger partial charge in [0.1, 0.15) is 0 Å². The Kier molecular flexibility index (Phi) is 6.13. The normalized spacial score (nSPS) is 15.4. The van der Waals surface area contributed by atoms with E-state index in [9.17, 15) is 0 Å². The molecular formula is C54H40BN3. The Morgan fingerprint density at radius 2 is 0.741 bits per heavy atom. The third kappa shape index (κ3) is 3.90. The first-order valence-electron chi connectivity index (χ1n) is 20.7. The molecule has 4 heteroatoms. The van der Waals surface area contributed by atoms with Crippen molar-refractivity contribution in [2.24, 2.45) is 0 Å². The molecule has 274 valence electrons. The number of aromatic nitrogens is 2. The second-order valence-electron chi connectivity index (χ2n) is 17.7. The Hall–Kier alpha value is -6.78. The van der Waals surface area contributed by atoms with E-state index in [0.717, 1.165) is 0 Å². The maximum Gasteiger partial charge on any atom is 0.246 e. The van der Waals surface area contributed by atoms with Crippen LogP contribution in [0.15, 0.2) is 170 Å². The Morgan fingerprint density at radius 3 is 1.16 bits per heavy atom. The summed E-state index contributed by atoms with van der Waals surface area (Å²) >= 11 is 0. The monoisotopic (exact) mass is 741 g/mol. The molecule has 3 nitrogen and oxygen atoms in total. The molecule has 0 unspecified atom stereocenters. The predicted octanol–water partition coefficient (Wildman–Crippen LogP) is 11.5. The summed E-state index contributed by atoms with van der Waals surface area (Å²) in [6.45, 7) is 9.80. The summed E-state index contributed by atoms with van der Waals surface area (Å²) in [7, 11) is 0. The minimum atomic E-state index is -0.254. The van der Waals surface area contributed by atoms with Gasteiger partial charge in [0, 0.05) is 55.1 Å². The number of rotatable bonds is 3. The molecule has 0 bridgehead atoms. The van der Waals surface area contributed by atoms with Gasteiger partial charge in [0.05, 0.1) is 27.8 Å². The molecule has 3 aliphatic heterocycles. The fourth-order valence-electron chi connectivity index (χ4n) is 11.4. The van der Waals surface area contributed by atoms with Gasteiger partial charge in [-0.2, -0.15) is 0 Å². The van der Waals surface area contributed by atoms with Crippen LogP contribution in [0.2, 0.25) is 0 Å². The lowest BCUT2D eigenvalue weighted by Crippen LogP contribution is -2.60. The minimum Gasteiger partial charge on any atom is -0.310 e. The van der Waals surface area contributed by atoms with Crippen LogP contribution in [0.4, 0.5) is 17.1 Å². The lowest BCUT2D eigenvalue weighted by atomic mass is 9.34. The van der Waals surface area contributed by atoms with Gasteiger partial charge in [0.2, 0.25) is 6.71 Å². The molecule has 0 saturated carbocycles. The number of hydrogen-bond donors (Lipinski definition) is 0. The Bertz CT molecular complexity index is 3110. The first-order chi connectivity index (χ1) is 28.3. The molecule has 8 aromatic carbocycles. The van der Waals surface area contributed by atoms with E-state index < -0.39 is 0 Å². The van der Waals surface area contributed by atoms with Crippen LogP contribution in [0.25, 0.3) is 55.0 Å². The van der Waals surface area contributed by atoms with Crippen molar-refractivity contribution in [3.8, 4) is 11.4 Å². The van der Waals surface area contributed by atoms with Crippen molar-refractivity contribution >= 4 is 83.8 Å². The van der Waals surface area contributed by atoms with Gasteiger partial charge in [-0.15, -0.1) is 0 Å². The zero-order chi connectivity index (χ0) is 38.7. The standard InChI is InChI=1S/C54H40BN3/c1-53(2)40-23-16-24-41-50(40)58-51-42(53)29-34(56-46-25-12-8-19-36(46)37-20-9-13-26-47(37)56)31-44(51)55(33-17-6-5-7-18-33)45-32-35(30-43(52(45)58)54(41,3)4)57-48-27-14-10-21-38(48)39-22-11-15-28-49(39)57/h5-32H,1-4H3. The van der Waals surface area contributed by atoms with E-state index in [1.807, 2.05) is 0 Å². The number of benzene rings is 8. The van der Waals surface area contributed by atoms with Gasteiger partial charge in [-0.3, -0.25) is 0 Å². The maximum absolute atomic E-state index is 2.70. The van der Waals surface area contributed by atoms with Crippen LogP contribution in [0.3, 0.4) is 0 Å². The topological polar surface area (TPSA) is 13.1 Å². The molecule has 0 saturated heterocycles. The first-order valence-corrected chi connectivity index (χ1v) is 20.7. The number of anilines is 3. The van der Waals surface area contributed by atoms with Gasteiger partial charge >= 0.3 is 0 Å². The van der Waals surface area contributed by atoms with Gasteiger partial charge in [0.15, 0.2) is 0 Å². The zero-order valence-electron chi connectivity index (χ0n) is 33.1. The molecule has 13 rings (SSSR count). The van der Waals surface area contributed by atoms with E-state index in [0.29, 0.717) is 0 Å². The number of hydrogen-bond acceptors (Lipinski definition) is 1. The summed E-state index contributed by atoms with van der Waals surface area (Å²) in [4.78, 5) is 2.70. The average Bonchev–Trinajstić information content (AvgIpc) is 3.77. The quantitative estimate of drug-likeness (QED) is 0.164. The highest BCUT2D eigenvalue weighted by atomic mass is 15.2. The van der Waals surface area contributed by atoms with E-state index >= 15 is 0 Å². The van der Waals surface area contributed by atoms with Crippen LogP contribution in [-0.2, 0) is 10.8 Å². The van der Waals surface area contributed by atoms with Gasteiger partial charge in [0.25, 0.3) is 0 Å². The first kappa shape index (κ1) is 32.3. The van der Waals surface area contributed by atoms with E-state index in [1.54, 1.807) is 0 Å². The number of nitrogens with zero attached hydrogens (tertiary/aromatic N) is 3. The highest BCUT2D eigenvalue weighted by Gasteiger charge is 2.51. The van der Waals surface area contributed by atoms with Crippen molar-refractivity contribution in [3.63, 3.8) is 0 Å². The highest BCUT2D eigenvalue weighted by molar-refractivity contribution is 6.98. The second kappa shape index (κ2) is 11.0. The lowest BCUT2D eigenvalue weighted by Gasteiger charge is -2.53. The average molecular weight is 742 g/mol.